The fraction of sp³-hybridized carbons (Fsp3) is 0.500. The summed E-state index contributed by atoms with van der Waals surface area (Å²) >= 11 is 0. The molecule has 2 aliphatic rings. The fourth-order valence-electron chi connectivity index (χ4n) is 4.34. The Bertz CT molecular complexity index is 904. The molecule has 28 heavy (non-hydrogen) atoms. The summed E-state index contributed by atoms with van der Waals surface area (Å²) < 4.78 is 1.81. The number of carbonyl (C=O) groups is 2. The first-order chi connectivity index (χ1) is 13.4. The molecule has 2 atom stereocenters. The van der Waals surface area contributed by atoms with Crippen molar-refractivity contribution in [3.05, 3.63) is 47.3 Å². The molecular weight excluding hydrogens is 352 g/mol. The van der Waals surface area contributed by atoms with Crippen molar-refractivity contribution < 1.29 is 9.59 Å². The number of anilines is 1. The van der Waals surface area contributed by atoms with Crippen molar-refractivity contribution in [2.24, 2.45) is 13.0 Å². The second-order valence-corrected chi connectivity index (χ2v) is 8.21. The standard InChI is InChI=1S/C22H28N4O2/c1-15-6-7-19(11-16(15)2)26-14-18(12-21(26)27)22(28)25-9-4-5-17(13-25)20-8-10-24(3)23-20/h6-8,10-11,17-18H,4-5,9,12-14H2,1-3H3/t17-,18+/m1/s1. The molecule has 1 aromatic carbocycles. The van der Waals surface area contributed by atoms with Gasteiger partial charge >= 0.3 is 0 Å². The highest BCUT2D eigenvalue weighted by atomic mass is 16.2. The van der Waals surface area contributed by atoms with E-state index in [-0.39, 0.29) is 23.7 Å². The molecule has 2 amide bonds. The van der Waals surface area contributed by atoms with Gasteiger partial charge in [-0.15, -0.1) is 0 Å². The summed E-state index contributed by atoms with van der Waals surface area (Å²) in [4.78, 5) is 29.5. The Labute approximate surface area is 166 Å². The Morgan fingerprint density at radius 3 is 2.68 bits per heavy atom. The Morgan fingerprint density at radius 1 is 1.14 bits per heavy atom. The van der Waals surface area contributed by atoms with Crippen LogP contribution in [0.1, 0.15) is 42.0 Å². The summed E-state index contributed by atoms with van der Waals surface area (Å²) in [6.45, 7) is 6.06. The molecule has 148 valence electrons. The Hall–Kier alpha value is -2.63. The number of likely N-dealkylation sites (tertiary alicyclic amines) is 1. The highest BCUT2D eigenvalue weighted by Crippen LogP contribution is 2.31. The zero-order valence-electron chi connectivity index (χ0n) is 16.9. The monoisotopic (exact) mass is 380 g/mol. The second-order valence-electron chi connectivity index (χ2n) is 8.21. The third kappa shape index (κ3) is 3.55. The minimum absolute atomic E-state index is 0.0416. The highest BCUT2D eigenvalue weighted by Gasteiger charge is 2.38. The van der Waals surface area contributed by atoms with Gasteiger partial charge in [-0.05, 0) is 56.0 Å². The van der Waals surface area contributed by atoms with Crippen molar-refractivity contribution in [3.8, 4) is 0 Å². The average Bonchev–Trinajstić information content (AvgIpc) is 3.29. The number of carbonyl (C=O) groups excluding carboxylic acids is 2. The first-order valence-corrected chi connectivity index (χ1v) is 10.1. The number of hydrogen-bond acceptors (Lipinski definition) is 3. The van der Waals surface area contributed by atoms with Gasteiger partial charge in [-0.1, -0.05) is 6.07 Å². The average molecular weight is 380 g/mol. The molecule has 4 rings (SSSR count). The van der Waals surface area contributed by atoms with Crippen molar-refractivity contribution in [3.63, 3.8) is 0 Å². The molecule has 0 bridgehead atoms. The summed E-state index contributed by atoms with van der Waals surface area (Å²) in [5.74, 6) is 0.184. The molecular formula is C22H28N4O2. The van der Waals surface area contributed by atoms with Crippen LogP contribution in [0.4, 0.5) is 5.69 Å². The van der Waals surface area contributed by atoms with Crippen LogP contribution in [-0.2, 0) is 16.6 Å². The van der Waals surface area contributed by atoms with Gasteiger partial charge in [0.05, 0.1) is 11.6 Å². The van der Waals surface area contributed by atoms with Crippen molar-refractivity contribution in [2.75, 3.05) is 24.5 Å². The van der Waals surface area contributed by atoms with Gasteiger partial charge in [0.1, 0.15) is 0 Å². The van der Waals surface area contributed by atoms with E-state index in [4.69, 9.17) is 0 Å². The van der Waals surface area contributed by atoms with Crippen molar-refractivity contribution in [2.45, 2.75) is 39.0 Å². The van der Waals surface area contributed by atoms with Crippen LogP contribution in [0.2, 0.25) is 0 Å². The van der Waals surface area contributed by atoms with E-state index >= 15 is 0 Å². The maximum atomic E-state index is 13.1. The van der Waals surface area contributed by atoms with Crippen LogP contribution >= 0.6 is 0 Å². The number of rotatable bonds is 3. The molecule has 1 aromatic heterocycles. The van der Waals surface area contributed by atoms with Gasteiger partial charge in [-0.2, -0.15) is 5.10 Å². The van der Waals surface area contributed by atoms with Crippen LogP contribution in [0.3, 0.4) is 0 Å². The van der Waals surface area contributed by atoms with Crippen molar-refractivity contribution in [1.82, 2.24) is 14.7 Å². The van der Waals surface area contributed by atoms with Gasteiger partial charge in [0.15, 0.2) is 0 Å². The molecule has 0 N–H and O–H groups in total. The quantitative estimate of drug-likeness (QED) is 0.823. The van der Waals surface area contributed by atoms with E-state index in [2.05, 4.69) is 12.0 Å². The van der Waals surface area contributed by atoms with E-state index in [1.165, 1.54) is 5.56 Å². The van der Waals surface area contributed by atoms with Crippen LogP contribution in [0, 0.1) is 19.8 Å². The van der Waals surface area contributed by atoms with E-state index in [9.17, 15) is 9.59 Å². The predicted octanol–water partition coefficient (Wildman–Crippen LogP) is 2.80. The molecule has 0 radical (unpaired) electrons. The molecule has 2 aliphatic heterocycles. The molecule has 0 aliphatic carbocycles. The van der Waals surface area contributed by atoms with Gasteiger partial charge < -0.3 is 9.80 Å². The van der Waals surface area contributed by atoms with Gasteiger partial charge in [-0.25, -0.2) is 0 Å². The lowest BCUT2D eigenvalue weighted by Gasteiger charge is -2.33. The van der Waals surface area contributed by atoms with E-state index in [1.807, 2.05) is 54.0 Å². The molecule has 6 nitrogen and oxygen atoms in total. The van der Waals surface area contributed by atoms with Crippen LogP contribution in [0.15, 0.2) is 30.5 Å². The maximum Gasteiger partial charge on any atom is 0.228 e. The number of hydrogen-bond donors (Lipinski definition) is 0. The largest absolute Gasteiger partial charge is 0.342 e. The highest BCUT2D eigenvalue weighted by molar-refractivity contribution is 6.00. The third-order valence-electron chi connectivity index (χ3n) is 6.16. The van der Waals surface area contributed by atoms with Gasteiger partial charge in [0.2, 0.25) is 11.8 Å². The second kappa shape index (κ2) is 7.41. The van der Waals surface area contributed by atoms with Crippen LogP contribution < -0.4 is 4.90 Å². The molecule has 0 saturated carbocycles. The van der Waals surface area contributed by atoms with Crippen molar-refractivity contribution >= 4 is 17.5 Å². The minimum atomic E-state index is -0.253. The fourth-order valence-corrected chi connectivity index (χ4v) is 4.34. The first kappa shape index (κ1) is 18.7. The number of aryl methyl sites for hydroxylation is 3. The first-order valence-electron chi connectivity index (χ1n) is 10.1. The van der Waals surface area contributed by atoms with E-state index in [1.54, 1.807) is 4.90 Å². The lowest BCUT2D eigenvalue weighted by atomic mass is 9.93. The number of piperidine rings is 1. The number of amides is 2. The Balaban J connectivity index is 1.44. The number of benzene rings is 1. The molecule has 6 heteroatoms. The summed E-state index contributed by atoms with van der Waals surface area (Å²) in [7, 11) is 1.92. The zero-order valence-corrected chi connectivity index (χ0v) is 16.9. The molecule has 0 unspecified atom stereocenters. The van der Waals surface area contributed by atoms with E-state index < -0.39 is 0 Å². The topological polar surface area (TPSA) is 58.4 Å². The summed E-state index contributed by atoms with van der Waals surface area (Å²) in [6, 6.07) is 8.09. The normalized spacial score (nSPS) is 22.8. The summed E-state index contributed by atoms with van der Waals surface area (Å²) in [5, 5.41) is 4.52. The summed E-state index contributed by atoms with van der Waals surface area (Å²) in [6.07, 6.45) is 4.29. The van der Waals surface area contributed by atoms with Crippen molar-refractivity contribution in [1.29, 1.82) is 0 Å². The molecule has 2 aromatic rings. The third-order valence-corrected chi connectivity index (χ3v) is 6.16. The van der Waals surface area contributed by atoms with Gasteiger partial charge in [0, 0.05) is 50.9 Å². The van der Waals surface area contributed by atoms with E-state index in [0.29, 0.717) is 19.5 Å². The van der Waals surface area contributed by atoms with Crippen LogP contribution in [-0.4, -0.2) is 46.1 Å². The lowest BCUT2D eigenvalue weighted by Crippen LogP contribution is -2.43. The van der Waals surface area contributed by atoms with E-state index in [0.717, 1.165) is 36.3 Å². The van der Waals surface area contributed by atoms with Gasteiger partial charge in [-0.3, -0.25) is 14.3 Å². The Kier molecular flexibility index (Phi) is 4.96. The van der Waals surface area contributed by atoms with Gasteiger partial charge in [0.25, 0.3) is 0 Å². The molecule has 2 saturated heterocycles. The molecule has 3 heterocycles. The summed E-state index contributed by atoms with van der Waals surface area (Å²) in [5.41, 5.74) is 4.32. The molecule has 2 fully saturated rings. The number of nitrogens with zero attached hydrogens (tertiary/aromatic N) is 4. The van der Waals surface area contributed by atoms with Crippen LogP contribution in [0.5, 0.6) is 0 Å². The smallest absolute Gasteiger partial charge is 0.228 e. The zero-order chi connectivity index (χ0) is 19.8. The number of aromatic nitrogens is 2. The lowest BCUT2D eigenvalue weighted by molar-refractivity contribution is -0.137. The SMILES string of the molecule is Cc1ccc(N2C[C@@H](C(=O)N3CCC[C@@H](c4ccn(C)n4)C3)CC2=O)cc1C. The molecule has 0 spiro atoms. The Morgan fingerprint density at radius 2 is 1.96 bits per heavy atom. The maximum absolute atomic E-state index is 13.1. The minimum Gasteiger partial charge on any atom is -0.342 e. The van der Waals surface area contributed by atoms with Crippen LogP contribution in [0.25, 0.3) is 0 Å². The predicted molar refractivity (Wildman–Crippen MR) is 108 cm³/mol.